The van der Waals surface area contributed by atoms with Gasteiger partial charge < -0.3 is 10.3 Å². The fourth-order valence-corrected chi connectivity index (χ4v) is 3.38. The van der Waals surface area contributed by atoms with Crippen LogP contribution in [0.2, 0.25) is 0 Å². The minimum atomic E-state index is -0.237. The van der Waals surface area contributed by atoms with Crippen molar-refractivity contribution in [1.29, 1.82) is 0 Å². The Morgan fingerprint density at radius 2 is 1.75 bits per heavy atom. The second-order valence-electron chi connectivity index (χ2n) is 7.33. The molecule has 2 heterocycles. The Balaban J connectivity index is 1.20. The molecule has 0 bridgehead atoms. The highest BCUT2D eigenvalue weighted by molar-refractivity contribution is 6.01. The second kappa shape index (κ2) is 8.69. The molecule has 2 N–H and O–H groups in total. The van der Waals surface area contributed by atoms with Gasteiger partial charge in [0.25, 0.3) is 0 Å². The summed E-state index contributed by atoms with van der Waals surface area (Å²) < 4.78 is 1.74. The van der Waals surface area contributed by atoms with Crippen LogP contribution >= 0.6 is 0 Å². The number of hydrogen-bond acceptors (Lipinski definition) is 4. The first-order valence-electron chi connectivity index (χ1n) is 10.2. The number of carbonyl (C=O) groups excluding carboxylic acids is 1. The van der Waals surface area contributed by atoms with Gasteiger partial charge in [-0.2, -0.15) is 0 Å². The predicted octanol–water partition coefficient (Wildman–Crippen LogP) is 4.52. The minimum absolute atomic E-state index is 0.237. The van der Waals surface area contributed by atoms with Gasteiger partial charge in [-0.3, -0.25) is 4.79 Å². The van der Waals surface area contributed by atoms with Crippen LogP contribution in [-0.2, 0) is 11.3 Å². The lowest BCUT2D eigenvalue weighted by Gasteiger charge is -2.03. The Morgan fingerprint density at radius 1 is 0.969 bits per heavy atom. The molecule has 0 aliphatic heterocycles. The zero-order chi connectivity index (χ0) is 21.8. The largest absolute Gasteiger partial charge is 0.338 e. The van der Waals surface area contributed by atoms with Gasteiger partial charge in [-0.05, 0) is 48.0 Å². The quantitative estimate of drug-likeness (QED) is 0.395. The van der Waals surface area contributed by atoms with Gasteiger partial charge in [0.1, 0.15) is 11.5 Å². The van der Waals surface area contributed by atoms with E-state index in [0.717, 1.165) is 28.0 Å². The number of rotatable bonds is 6. The molecule has 156 valence electrons. The van der Waals surface area contributed by atoms with Crippen molar-refractivity contribution in [3.05, 3.63) is 102 Å². The summed E-state index contributed by atoms with van der Waals surface area (Å²) in [6.07, 6.45) is 4.90. The lowest BCUT2D eigenvalue weighted by atomic mass is 10.2. The maximum absolute atomic E-state index is 12.3. The van der Waals surface area contributed by atoms with Gasteiger partial charge in [-0.1, -0.05) is 47.7 Å². The van der Waals surface area contributed by atoms with Gasteiger partial charge in [-0.25, -0.2) is 9.67 Å². The summed E-state index contributed by atoms with van der Waals surface area (Å²) in [7, 11) is 0. The lowest BCUT2D eigenvalue weighted by Crippen LogP contribution is -2.07. The van der Waals surface area contributed by atoms with Gasteiger partial charge in [0.2, 0.25) is 5.91 Å². The summed E-state index contributed by atoms with van der Waals surface area (Å²) in [6, 6.07) is 25.5. The molecular formula is C25H20N6O. The van der Waals surface area contributed by atoms with Crippen molar-refractivity contribution in [3.63, 3.8) is 0 Å². The fraction of sp³-hybridized carbons (Fsp3) is 0.0400. The molecule has 0 atom stereocenters. The van der Waals surface area contributed by atoms with Gasteiger partial charge in [-0.15, -0.1) is 5.10 Å². The summed E-state index contributed by atoms with van der Waals surface area (Å²) in [5, 5.41) is 11.0. The Kier molecular flexibility index (Phi) is 5.28. The Bertz CT molecular complexity index is 1350. The standard InChI is InChI=1S/C25H20N6O/c32-24(15-14-21-17-31(30-29-21)16-18-6-2-1-3-7-18)26-20-12-10-19(11-13-20)25-27-22-8-4-5-9-23(22)28-25/h1-15,17H,16H2,(H,26,32)(H,27,28). The SMILES string of the molecule is O=C(C=Cc1cn(Cc2ccccc2)nn1)Nc1ccc(-c2nc3ccccc3[nH]2)cc1. The molecule has 32 heavy (non-hydrogen) atoms. The second-order valence-corrected chi connectivity index (χ2v) is 7.33. The molecule has 0 unspecified atom stereocenters. The van der Waals surface area contributed by atoms with Crippen LogP contribution in [0.3, 0.4) is 0 Å². The van der Waals surface area contributed by atoms with E-state index in [4.69, 9.17) is 0 Å². The van der Waals surface area contributed by atoms with E-state index in [2.05, 4.69) is 25.6 Å². The predicted molar refractivity (Wildman–Crippen MR) is 125 cm³/mol. The zero-order valence-corrected chi connectivity index (χ0v) is 17.1. The van der Waals surface area contributed by atoms with Gasteiger partial charge >= 0.3 is 0 Å². The summed E-state index contributed by atoms with van der Waals surface area (Å²) in [5.41, 5.74) is 5.32. The topological polar surface area (TPSA) is 88.5 Å². The van der Waals surface area contributed by atoms with Crippen LogP contribution in [0.4, 0.5) is 5.69 Å². The molecule has 0 radical (unpaired) electrons. The highest BCUT2D eigenvalue weighted by Crippen LogP contribution is 2.22. The summed E-state index contributed by atoms with van der Waals surface area (Å²) in [4.78, 5) is 20.2. The first-order chi connectivity index (χ1) is 15.7. The monoisotopic (exact) mass is 420 g/mol. The normalized spacial score (nSPS) is 11.2. The molecule has 2 aromatic heterocycles. The van der Waals surface area contributed by atoms with Gasteiger partial charge in [0.05, 0.1) is 23.8 Å². The maximum Gasteiger partial charge on any atom is 0.248 e. The summed E-state index contributed by atoms with van der Waals surface area (Å²) in [5.74, 6) is 0.557. The number of H-pyrrole nitrogens is 1. The van der Waals surface area contributed by atoms with Gasteiger partial charge in [0.15, 0.2) is 0 Å². The molecule has 0 saturated heterocycles. The van der Waals surface area contributed by atoms with Crippen LogP contribution in [-0.4, -0.2) is 30.9 Å². The van der Waals surface area contributed by atoms with Crippen LogP contribution < -0.4 is 5.32 Å². The Hall–Kier alpha value is -4.52. The van der Waals surface area contributed by atoms with Crippen molar-refractivity contribution < 1.29 is 4.79 Å². The molecule has 1 amide bonds. The molecule has 0 spiro atoms. The van der Waals surface area contributed by atoms with E-state index in [-0.39, 0.29) is 5.91 Å². The highest BCUT2D eigenvalue weighted by Gasteiger charge is 2.06. The van der Waals surface area contributed by atoms with Crippen molar-refractivity contribution >= 4 is 28.7 Å². The number of nitrogens with zero attached hydrogens (tertiary/aromatic N) is 4. The number of carbonyl (C=O) groups is 1. The van der Waals surface area contributed by atoms with E-state index in [1.165, 1.54) is 6.08 Å². The molecule has 7 nitrogen and oxygen atoms in total. The number of aromatic amines is 1. The summed E-state index contributed by atoms with van der Waals surface area (Å²) in [6.45, 7) is 0.630. The van der Waals surface area contributed by atoms with E-state index in [9.17, 15) is 4.79 Å². The van der Waals surface area contributed by atoms with Crippen LogP contribution in [0.5, 0.6) is 0 Å². The minimum Gasteiger partial charge on any atom is -0.338 e. The first-order valence-corrected chi connectivity index (χ1v) is 10.2. The molecule has 3 aromatic carbocycles. The molecule has 0 saturated carbocycles. The third kappa shape index (κ3) is 4.46. The molecule has 5 aromatic rings. The lowest BCUT2D eigenvalue weighted by molar-refractivity contribution is -0.111. The fourth-order valence-electron chi connectivity index (χ4n) is 3.38. The van der Waals surface area contributed by atoms with Crippen molar-refractivity contribution in [3.8, 4) is 11.4 Å². The number of nitrogens with one attached hydrogen (secondary N) is 2. The molecule has 0 aliphatic carbocycles. The smallest absolute Gasteiger partial charge is 0.248 e. The highest BCUT2D eigenvalue weighted by atomic mass is 16.1. The van der Waals surface area contributed by atoms with E-state index in [1.807, 2.05) is 78.9 Å². The third-order valence-corrected chi connectivity index (χ3v) is 4.96. The van der Waals surface area contributed by atoms with Crippen molar-refractivity contribution in [2.75, 3.05) is 5.32 Å². The molecule has 0 fully saturated rings. The van der Waals surface area contributed by atoms with Crippen LogP contribution in [0.15, 0.2) is 91.1 Å². The zero-order valence-electron chi connectivity index (χ0n) is 17.1. The number of fused-ring (bicyclic) bond motifs is 1. The molecule has 5 rings (SSSR count). The Labute approximate surface area is 184 Å². The van der Waals surface area contributed by atoms with Crippen LogP contribution in [0.25, 0.3) is 28.5 Å². The molecule has 7 heteroatoms. The third-order valence-electron chi connectivity index (χ3n) is 4.96. The number of para-hydroxylation sites is 2. The van der Waals surface area contributed by atoms with E-state index in [0.29, 0.717) is 17.9 Å². The van der Waals surface area contributed by atoms with Crippen LogP contribution in [0.1, 0.15) is 11.3 Å². The van der Waals surface area contributed by atoms with E-state index in [1.54, 1.807) is 17.0 Å². The summed E-state index contributed by atoms with van der Waals surface area (Å²) >= 11 is 0. The number of imidazole rings is 1. The van der Waals surface area contributed by atoms with E-state index < -0.39 is 0 Å². The Morgan fingerprint density at radius 3 is 2.56 bits per heavy atom. The van der Waals surface area contributed by atoms with Crippen LogP contribution in [0, 0.1) is 0 Å². The number of anilines is 1. The number of hydrogen-bond donors (Lipinski definition) is 2. The number of aromatic nitrogens is 5. The van der Waals surface area contributed by atoms with Crippen molar-refractivity contribution in [2.24, 2.45) is 0 Å². The number of benzene rings is 3. The molecule has 0 aliphatic rings. The van der Waals surface area contributed by atoms with E-state index >= 15 is 0 Å². The average Bonchev–Trinajstić information content (AvgIpc) is 3.46. The maximum atomic E-state index is 12.3. The number of amides is 1. The van der Waals surface area contributed by atoms with Crippen molar-refractivity contribution in [2.45, 2.75) is 6.54 Å². The average molecular weight is 420 g/mol. The first kappa shape index (κ1) is 19.4. The van der Waals surface area contributed by atoms with Crippen molar-refractivity contribution in [1.82, 2.24) is 25.0 Å². The van der Waals surface area contributed by atoms with Gasteiger partial charge in [0, 0.05) is 17.3 Å². The molecular weight excluding hydrogens is 400 g/mol.